The number of amides is 1. The van der Waals surface area contributed by atoms with Gasteiger partial charge in [0.05, 0.1) is 0 Å². The molecule has 74 valence electrons. The summed E-state index contributed by atoms with van der Waals surface area (Å²) in [6.07, 6.45) is 1.77. The first-order valence-electron chi connectivity index (χ1n) is 4.84. The predicted octanol–water partition coefficient (Wildman–Crippen LogP) is 1.11. The van der Waals surface area contributed by atoms with E-state index in [9.17, 15) is 4.79 Å². The highest BCUT2D eigenvalue weighted by Gasteiger charge is 2.43. The highest BCUT2D eigenvalue weighted by molar-refractivity contribution is 5.82. The van der Waals surface area contributed by atoms with Crippen molar-refractivity contribution in [2.45, 2.75) is 19.3 Å². The largest absolute Gasteiger partial charge is 0.355 e. The topological polar surface area (TPSA) is 42.0 Å². The summed E-state index contributed by atoms with van der Waals surface area (Å²) in [6, 6.07) is 5.83. The number of carbonyl (C=O) groups is 1. The summed E-state index contributed by atoms with van der Waals surface area (Å²) in [5, 5.41) is 2.88. The number of rotatable bonds is 1. The molecule has 0 bridgehead atoms. The molecular weight excluding hydrogens is 176 g/mol. The summed E-state index contributed by atoms with van der Waals surface area (Å²) >= 11 is 0. The number of pyridine rings is 1. The van der Waals surface area contributed by atoms with Gasteiger partial charge in [0.15, 0.2) is 0 Å². The molecular formula is C11H14N2O. The molecule has 1 aliphatic heterocycles. The van der Waals surface area contributed by atoms with Crippen LogP contribution in [0.2, 0.25) is 0 Å². The van der Waals surface area contributed by atoms with E-state index in [1.807, 2.05) is 25.1 Å². The van der Waals surface area contributed by atoms with Crippen LogP contribution in [0.4, 0.5) is 0 Å². The number of aromatic nitrogens is 1. The Labute approximate surface area is 83.5 Å². The molecule has 0 radical (unpaired) electrons. The maximum Gasteiger partial charge on any atom is 0.223 e. The predicted molar refractivity (Wildman–Crippen MR) is 53.8 cm³/mol. The number of nitrogens with zero attached hydrogens (tertiary/aromatic N) is 1. The number of nitrogens with one attached hydrogen (secondary N) is 1. The lowest BCUT2D eigenvalue weighted by Crippen LogP contribution is -2.31. The van der Waals surface area contributed by atoms with Crippen molar-refractivity contribution in [3.8, 4) is 0 Å². The van der Waals surface area contributed by atoms with Gasteiger partial charge in [-0.25, -0.2) is 0 Å². The highest BCUT2D eigenvalue weighted by atomic mass is 16.2. The standard InChI is InChI=1S/C11H14N2O/c1-8-10(14)13-7-11(8,2)9-5-3-4-6-12-9/h3-6,8H,7H2,1-2H3,(H,13,14). The van der Waals surface area contributed by atoms with Gasteiger partial charge in [-0.15, -0.1) is 0 Å². The summed E-state index contributed by atoms with van der Waals surface area (Å²) in [5.41, 5.74) is 0.837. The van der Waals surface area contributed by atoms with Crippen LogP contribution in [0.25, 0.3) is 0 Å². The van der Waals surface area contributed by atoms with E-state index in [-0.39, 0.29) is 17.2 Å². The minimum atomic E-state index is -0.154. The number of hydrogen-bond donors (Lipinski definition) is 1. The van der Waals surface area contributed by atoms with Crippen molar-refractivity contribution < 1.29 is 4.79 Å². The monoisotopic (exact) mass is 190 g/mol. The third kappa shape index (κ3) is 1.20. The Hall–Kier alpha value is -1.38. The van der Waals surface area contributed by atoms with Gasteiger partial charge in [-0.2, -0.15) is 0 Å². The van der Waals surface area contributed by atoms with E-state index in [4.69, 9.17) is 0 Å². The van der Waals surface area contributed by atoms with Gasteiger partial charge < -0.3 is 5.32 Å². The normalized spacial score (nSPS) is 31.6. The summed E-state index contributed by atoms with van der Waals surface area (Å²) in [4.78, 5) is 15.7. The number of carbonyl (C=O) groups excluding carboxylic acids is 1. The fourth-order valence-corrected chi connectivity index (χ4v) is 1.88. The van der Waals surface area contributed by atoms with Crippen LogP contribution in [0, 0.1) is 5.92 Å². The van der Waals surface area contributed by atoms with E-state index in [2.05, 4.69) is 17.2 Å². The molecule has 0 spiro atoms. The van der Waals surface area contributed by atoms with Crippen molar-refractivity contribution in [2.24, 2.45) is 5.92 Å². The van der Waals surface area contributed by atoms with Gasteiger partial charge in [-0.3, -0.25) is 9.78 Å². The first-order valence-corrected chi connectivity index (χ1v) is 4.84. The average molecular weight is 190 g/mol. The van der Waals surface area contributed by atoms with E-state index < -0.39 is 0 Å². The number of hydrogen-bond acceptors (Lipinski definition) is 2. The second kappa shape index (κ2) is 3.08. The minimum Gasteiger partial charge on any atom is -0.355 e. The molecule has 1 aliphatic rings. The molecule has 2 unspecified atom stereocenters. The van der Waals surface area contributed by atoms with Crippen molar-refractivity contribution in [3.63, 3.8) is 0 Å². The van der Waals surface area contributed by atoms with Crippen molar-refractivity contribution >= 4 is 5.91 Å². The third-order valence-electron chi connectivity index (χ3n) is 3.23. The van der Waals surface area contributed by atoms with Gasteiger partial charge in [0.25, 0.3) is 0 Å². The van der Waals surface area contributed by atoms with E-state index in [1.165, 1.54) is 0 Å². The van der Waals surface area contributed by atoms with Gasteiger partial charge in [0, 0.05) is 29.8 Å². The van der Waals surface area contributed by atoms with Crippen LogP contribution in [0.3, 0.4) is 0 Å². The highest BCUT2D eigenvalue weighted by Crippen LogP contribution is 2.33. The lowest BCUT2D eigenvalue weighted by atomic mass is 9.77. The van der Waals surface area contributed by atoms with E-state index in [0.717, 1.165) is 5.69 Å². The third-order valence-corrected chi connectivity index (χ3v) is 3.23. The van der Waals surface area contributed by atoms with Crippen LogP contribution in [-0.4, -0.2) is 17.4 Å². The van der Waals surface area contributed by atoms with Crippen LogP contribution < -0.4 is 5.32 Å². The SMILES string of the molecule is CC1C(=O)NCC1(C)c1ccccn1. The van der Waals surface area contributed by atoms with E-state index in [1.54, 1.807) is 6.20 Å². The average Bonchev–Trinajstić information content (AvgIpc) is 2.49. The van der Waals surface area contributed by atoms with Crippen molar-refractivity contribution in [1.82, 2.24) is 10.3 Å². The van der Waals surface area contributed by atoms with Crippen LogP contribution in [0.15, 0.2) is 24.4 Å². The van der Waals surface area contributed by atoms with Gasteiger partial charge >= 0.3 is 0 Å². The van der Waals surface area contributed by atoms with Crippen LogP contribution in [0.5, 0.6) is 0 Å². The van der Waals surface area contributed by atoms with Crippen LogP contribution in [-0.2, 0) is 10.2 Å². The van der Waals surface area contributed by atoms with Gasteiger partial charge in [-0.05, 0) is 12.1 Å². The fraction of sp³-hybridized carbons (Fsp3) is 0.455. The second-order valence-corrected chi connectivity index (χ2v) is 4.07. The zero-order valence-corrected chi connectivity index (χ0v) is 8.45. The molecule has 2 heterocycles. The summed E-state index contributed by atoms with van der Waals surface area (Å²) in [7, 11) is 0. The van der Waals surface area contributed by atoms with Crippen LogP contribution in [0.1, 0.15) is 19.5 Å². The molecule has 1 fully saturated rings. The lowest BCUT2D eigenvalue weighted by molar-refractivity contribution is -0.122. The summed E-state index contributed by atoms with van der Waals surface area (Å²) in [6.45, 7) is 4.72. The molecule has 3 nitrogen and oxygen atoms in total. The molecule has 1 aromatic heterocycles. The molecule has 1 aromatic rings. The zero-order valence-electron chi connectivity index (χ0n) is 8.45. The first-order chi connectivity index (χ1) is 6.64. The van der Waals surface area contributed by atoms with Crippen molar-refractivity contribution in [1.29, 1.82) is 0 Å². The van der Waals surface area contributed by atoms with E-state index in [0.29, 0.717) is 6.54 Å². The Morgan fingerprint density at radius 2 is 2.36 bits per heavy atom. The molecule has 1 N–H and O–H groups in total. The van der Waals surface area contributed by atoms with E-state index >= 15 is 0 Å². The first kappa shape index (κ1) is 9.19. The lowest BCUT2D eigenvalue weighted by Gasteiger charge is -2.25. The minimum absolute atomic E-state index is 0.00241. The molecule has 0 aromatic carbocycles. The molecule has 14 heavy (non-hydrogen) atoms. The summed E-state index contributed by atoms with van der Waals surface area (Å²) in [5.74, 6) is 0.121. The molecule has 1 amide bonds. The Morgan fingerprint density at radius 3 is 2.86 bits per heavy atom. The molecule has 0 aliphatic carbocycles. The smallest absolute Gasteiger partial charge is 0.223 e. The molecule has 0 saturated carbocycles. The fourth-order valence-electron chi connectivity index (χ4n) is 1.88. The Morgan fingerprint density at radius 1 is 1.57 bits per heavy atom. The van der Waals surface area contributed by atoms with Crippen molar-refractivity contribution in [2.75, 3.05) is 6.54 Å². The van der Waals surface area contributed by atoms with Crippen LogP contribution >= 0.6 is 0 Å². The summed E-state index contributed by atoms with van der Waals surface area (Å²) < 4.78 is 0. The Balaban J connectivity index is 2.39. The molecule has 2 rings (SSSR count). The quantitative estimate of drug-likeness (QED) is 0.720. The Bertz CT molecular complexity index is 350. The van der Waals surface area contributed by atoms with Gasteiger partial charge in [0.1, 0.15) is 0 Å². The second-order valence-electron chi connectivity index (χ2n) is 4.07. The van der Waals surface area contributed by atoms with Gasteiger partial charge in [0.2, 0.25) is 5.91 Å². The Kier molecular flexibility index (Phi) is 2.02. The maximum atomic E-state index is 11.4. The molecule has 1 saturated heterocycles. The van der Waals surface area contributed by atoms with Crippen molar-refractivity contribution in [3.05, 3.63) is 30.1 Å². The molecule has 3 heteroatoms. The zero-order chi connectivity index (χ0) is 10.2. The maximum absolute atomic E-state index is 11.4. The molecule has 2 atom stereocenters. The van der Waals surface area contributed by atoms with Gasteiger partial charge in [-0.1, -0.05) is 19.9 Å².